The fraction of sp³-hybridized carbons (Fsp3) is 0.267. The number of nitrogens with one attached hydrogen (secondary N) is 1. The molecule has 1 aromatic heterocycles. The van der Waals surface area contributed by atoms with Crippen LogP contribution in [0, 0.1) is 0 Å². The van der Waals surface area contributed by atoms with E-state index >= 15 is 0 Å². The highest BCUT2D eigenvalue weighted by molar-refractivity contribution is 9.10. The predicted molar refractivity (Wildman–Crippen MR) is 85.5 cm³/mol. The number of carbonyl (C=O) groups excluding carboxylic acids is 1. The number of nitrogens with zero attached hydrogens (tertiary/aromatic N) is 1. The van der Waals surface area contributed by atoms with Crippen molar-refractivity contribution < 1.29 is 19.4 Å². The van der Waals surface area contributed by atoms with Crippen molar-refractivity contribution in [2.75, 3.05) is 19.7 Å². The van der Waals surface area contributed by atoms with Gasteiger partial charge in [-0.05, 0) is 22.0 Å². The number of pyridine rings is 1. The van der Waals surface area contributed by atoms with Crippen LogP contribution in [0.1, 0.15) is 10.4 Å². The van der Waals surface area contributed by atoms with Crippen LogP contribution in [-0.2, 0) is 9.53 Å². The molecule has 0 saturated carbocycles. The second kappa shape index (κ2) is 6.13. The number of para-hydroxylation sites is 1. The molecule has 1 saturated heterocycles. The molecule has 1 aliphatic rings. The summed E-state index contributed by atoms with van der Waals surface area (Å²) >= 11 is 3.35. The Morgan fingerprint density at radius 3 is 2.91 bits per heavy atom. The quantitative estimate of drug-likeness (QED) is 0.815. The number of hydrogen-bond donors (Lipinski definition) is 2. The van der Waals surface area contributed by atoms with E-state index in [1.165, 1.54) is 11.0 Å². The summed E-state index contributed by atoms with van der Waals surface area (Å²) in [5.41, 5.74) is 0.387. The zero-order chi connectivity index (χ0) is 16.6. The Morgan fingerprint density at radius 1 is 1.39 bits per heavy atom. The monoisotopic (exact) mass is 380 g/mol. The molecular formula is C15H13BrN2O5. The van der Waals surface area contributed by atoms with Gasteiger partial charge in [0.15, 0.2) is 6.10 Å². The van der Waals surface area contributed by atoms with Gasteiger partial charge in [-0.3, -0.25) is 9.59 Å². The number of aromatic amines is 1. The summed E-state index contributed by atoms with van der Waals surface area (Å²) in [5.74, 6) is -1.49. The maximum atomic E-state index is 12.8. The highest BCUT2D eigenvalue weighted by atomic mass is 79.9. The molecule has 0 radical (unpaired) electrons. The van der Waals surface area contributed by atoms with Crippen molar-refractivity contribution in [3.05, 3.63) is 44.7 Å². The molecule has 1 unspecified atom stereocenters. The minimum Gasteiger partial charge on any atom is -0.479 e. The Balaban J connectivity index is 2.03. The van der Waals surface area contributed by atoms with E-state index in [0.29, 0.717) is 15.4 Å². The lowest BCUT2D eigenvalue weighted by molar-refractivity contribution is -0.154. The van der Waals surface area contributed by atoms with Crippen molar-refractivity contribution >= 4 is 38.7 Å². The van der Waals surface area contributed by atoms with Crippen LogP contribution in [0.3, 0.4) is 0 Å². The Kier molecular flexibility index (Phi) is 4.18. The Bertz CT molecular complexity index is 847. The van der Waals surface area contributed by atoms with Crippen LogP contribution in [0.15, 0.2) is 33.5 Å². The standard InChI is InChI=1S/C15H13BrN2O5/c16-10-3-1-2-8-9(6-12(19)17-13(8)10)14(20)18-4-5-23-11(7-18)15(21)22/h1-3,6,11H,4-5,7H2,(H,17,19)(H,21,22). The Labute approximate surface area is 139 Å². The van der Waals surface area contributed by atoms with Gasteiger partial charge >= 0.3 is 5.97 Å². The molecule has 2 aromatic rings. The van der Waals surface area contributed by atoms with E-state index in [0.717, 1.165) is 0 Å². The number of ether oxygens (including phenoxy) is 1. The van der Waals surface area contributed by atoms with Gasteiger partial charge in [0, 0.05) is 22.5 Å². The number of aliphatic carboxylic acids is 1. The minimum atomic E-state index is -1.11. The van der Waals surface area contributed by atoms with Gasteiger partial charge in [-0.1, -0.05) is 12.1 Å². The first-order valence-corrected chi connectivity index (χ1v) is 7.72. The number of halogens is 1. The Morgan fingerprint density at radius 2 is 2.17 bits per heavy atom. The number of H-pyrrole nitrogens is 1. The molecule has 23 heavy (non-hydrogen) atoms. The maximum Gasteiger partial charge on any atom is 0.334 e. The number of carboxylic acid groups (broad SMARTS) is 1. The molecule has 0 aliphatic carbocycles. The number of hydrogen-bond acceptors (Lipinski definition) is 4. The van der Waals surface area contributed by atoms with Crippen LogP contribution in [-0.4, -0.2) is 52.7 Å². The topological polar surface area (TPSA) is 99.7 Å². The first-order valence-electron chi connectivity index (χ1n) is 6.92. The zero-order valence-electron chi connectivity index (χ0n) is 11.9. The summed E-state index contributed by atoms with van der Waals surface area (Å²) in [6.07, 6.45) is -1.05. The van der Waals surface area contributed by atoms with Gasteiger partial charge in [0.1, 0.15) is 0 Å². The van der Waals surface area contributed by atoms with Crippen LogP contribution in [0.4, 0.5) is 0 Å². The largest absolute Gasteiger partial charge is 0.479 e. The minimum absolute atomic E-state index is 0.0452. The first-order chi connectivity index (χ1) is 11.0. The van der Waals surface area contributed by atoms with E-state index in [1.54, 1.807) is 18.2 Å². The molecule has 8 heteroatoms. The summed E-state index contributed by atoms with van der Waals surface area (Å²) in [5, 5.41) is 9.64. The molecule has 7 nitrogen and oxygen atoms in total. The van der Waals surface area contributed by atoms with E-state index in [2.05, 4.69) is 20.9 Å². The summed E-state index contributed by atoms with van der Waals surface area (Å²) < 4.78 is 5.79. The summed E-state index contributed by atoms with van der Waals surface area (Å²) in [6, 6.07) is 6.50. The number of carbonyl (C=O) groups is 2. The van der Waals surface area contributed by atoms with Gasteiger partial charge in [0.25, 0.3) is 5.91 Å². The number of amides is 1. The molecular weight excluding hydrogens is 368 g/mol. The molecule has 1 amide bonds. The molecule has 0 spiro atoms. The predicted octanol–water partition coefficient (Wildman–Crippen LogP) is 1.22. The van der Waals surface area contributed by atoms with Crippen molar-refractivity contribution in [2.45, 2.75) is 6.10 Å². The fourth-order valence-corrected chi connectivity index (χ4v) is 3.04. The number of morpholine rings is 1. The zero-order valence-corrected chi connectivity index (χ0v) is 13.5. The van der Waals surface area contributed by atoms with Gasteiger partial charge in [-0.15, -0.1) is 0 Å². The number of fused-ring (bicyclic) bond motifs is 1. The van der Waals surface area contributed by atoms with Gasteiger partial charge in [0.2, 0.25) is 5.56 Å². The summed E-state index contributed by atoms with van der Waals surface area (Å²) in [7, 11) is 0. The van der Waals surface area contributed by atoms with Crippen LogP contribution in [0.25, 0.3) is 10.9 Å². The lowest BCUT2D eigenvalue weighted by Crippen LogP contribution is -2.48. The molecule has 1 aromatic carbocycles. The third kappa shape index (κ3) is 2.99. The average Bonchev–Trinajstić information content (AvgIpc) is 2.54. The number of rotatable bonds is 2. The highest BCUT2D eigenvalue weighted by Gasteiger charge is 2.30. The number of aromatic nitrogens is 1. The van der Waals surface area contributed by atoms with Crippen LogP contribution < -0.4 is 5.56 Å². The molecule has 2 heterocycles. The third-order valence-corrected chi connectivity index (χ3v) is 4.35. The maximum absolute atomic E-state index is 12.8. The van der Waals surface area contributed by atoms with Crippen molar-refractivity contribution in [2.24, 2.45) is 0 Å². The van der Waals surface area contributed by atoms with Gasteiger partial charge in [0.05, 0.1) is 24.2 Å². The highest BCUT2D eigenvalue weighted by Crippen LogP contribution is 2.24. The second-order valence-corrected chi connectivity index (χ2v) is 6.01. The van der Waals surface area contributed by atoms with Crippen molar-refractivity contribution in [3.63, 3.8) is 0 Å². The SMILES string of the molecule is O=C(O)C1CN(C(=O)c2cc(=O)[nH]c3c(Br)cccc23)CCO1. The molecule has 1 fully saturated rings. The van der Waals surface area contributed by atoms with E-state index in [1.807, 2.05) is 0 Å². The lowest BCUT2D eigenvalue weighted by Gasteiger charge is -2.31. The van der Waals surface area contributed by atoms with Crippen LogP contribution >= 0.6 is 15.9 Å². The van der Waals surface area contributed by atoms with Crippen molar-refractivity contribution in [3.8, 4) is 0 Å². The second-order valence-electron chi connectivity index (χ2n) is 5.16. The average molecular weight is 381 g/mol. The normalized spacial score (nSPS) is 18.1. The van der Waals surface area contributed by atoms with E-state index < -0.39 is 17.6 Å². The number of carboxylic acids is 1. The summed E-state index contributed by atoms with van der Waals surface area (Å²) in [4.78, 5) is 39.7. The van der Waals surface area contributed by atoms with Crippen LogP contribution in [0.5, 0.6) is 0 Å². The van der Waals surface area contributed by atoms with E-state index in [-0.39, 0.29) is 31.2 Å². The summed E-state index contributed by atoms with van der Waals surface area (Å²) in [6.45, 7) is 0.384. The Hall–Kier alpha value is -2.19. The lowest BCUT2D eigenvalue weighted by atomic mass is 10.1. The molecule has 120 valence electrons. The van der Waals surface area contributed by atoms with Crippen LogP contribution in [0.2, 0.25) is 0 Å². The van der Waals surface area contributed by atoms with Crippen molar-refractivity contribution in [1.29, 1.82) is 0 Å². The van der Waals surface area contributed by atoms with E-state index in [9.17, 15) is 14.4 Å². The van der Waals surface area contributed by atoms with E-state index in [4.69, 9.17) is 9.84 Å². The molecule has 2 N–H and O–H groups in total. The third-order valence-electron chi connectivity index (χ3n) is 3.69. The molecule has 3 rings (SSSR count). The number of benzene rings is 1. The molecule has 1 aliphatic heterocycles. The smallest absolute Gasteiger partial charge is 0.334 e. The van der Waals surface area contributed by atoms with Crippen molar-refractivity contribution in [1.82, 2.24) is 9.88 Å². The van der Waals surface area contributed by atoms with Gasteiger partial charge < -0.3 is 19.7 Å². The molecule has 1 atom stereocenters. The molecule has 0 bridgehead atoms. The first kappa shape index (κ1) is 15.7. The van der Waals surface area contributed by atoms with Gasteiger partial charge in [-0.25, -0.2) is 4.79 Å². The fourth-order valence-electron chi connectivity index (χ4n) is 2.57. The van der Waals surface area contributed by atoms with Gasteiger partial charge in [-0.2, -0.15) is 0 Å².